The van der Waals surface area contributed by atoms with Crippen molar-refractivity contribution in [1.29, 1.82) is 0 Å². The second-order valence-corrected chi connectivity index (χ2v) is 4.51. The molecule has 1 aromatic heterocycles. The summed E-state index contributed by atoms with van der Waals surface area (Å²) in [4.78, 5) is 11.4. The van der Waals surface area contributed by atoms with E-state index in [-0.39, 0.29) is 12.4 Å². The first kappa shape index (κ1) is 13.3. The van der Waals surface area contributed by atoms with Gasteiger partial charge in [0.25, 0.3) is 0 Å². The van der Waals surface area contributed by atoms with Gasteiger partial charge in [-0.15, -0.1) is 0 Å². The van der Waals surface area contributed by atoms with E-state index in [2.05, 4.69) is 10.4 Å². The van der Waals surface area contributed by atoms with E-state index in [0.717, 1.165) is 0 Å². The van der Waals surface area contributed by atoms with Gasteiger partial charge in [0.15, 0.2) is 5.82 Å². The lowest BCUT2D eigenvalue weighted by molar-refractivity contribution is 0.0636. The molecule has 0 atom stereocenters. The van der Waals surface area contributed by atoms with Gasteiger partial charge in [0, 0.05) is 0 Å². The van der Waals surface area contributed by atoms with E-state index in [1.54, 1.807) is 20.8 Å². The number of carbonyl (C=O) groups excluding carboxylic acids is 1. The van der Waals surface area contributed by atoms with Crippen molar-refractivity contribution >= 4 is 17.6 Å². The van der Waals surface area contributed by atoms with Gasteiger partial charge in [-0.3, -0.25) is 10.00 Å². The Morgan fingerprint density at radius 2 is 2.29 bits per heavy atom. The van der Waals surface area contributed by atoms with E-state index in [1.807, 2.05) is 0 Å². The van der Waals surface area contributed by atoms with Gasteiger partial charge in [0.2, 0.25) is 0 Å². The number of nitrogen functional groups attached to an aromatic ring is 1. The lowest BCUT2D eigenvalue weighted by Gasteiger charge is -2.19. The molecule has 0 aliphatic rings. The van der Waals surface area contributed by atoms with E-state index >= 15 is 0 Å². The number of carbonyl (C=O) groups is 1. The third-order valence-electron chi connectivity index (χ3n) is 1.74. The minimum atomic E-state index is -0.621. The number of rotatable bonds is 3. The summed E-state index contributed by atoms with van der Waals surface area (Å²) >= 11 is 0. The molecule has 96 valence electrons. The van der Waals surface area contributed by atoms with E-state index < -0.39 is 18.4 Å². The third kappa shape index (κ3) is 4.29. The molecule has 1 rings (SSSR count). The van der Waals surface area contributed by atoms with Crippen LogP contribution in [-0.4, -0.2) is 28.1 Å². The highest BCUT2D eigenvalue weighted by molar-refractivity contribution is 5.87. The van der Waals surface area contributed by atoms with Gasteiger partial charge in [-0.05, 0) is 20.8 Å². The highest BCUT2D eigenvalue weighted by Crippen LogP contribution is 2.17. The number of aryl methyl sites for hydroxylation is 1. The molecule has 0 fully saturated rings. The second-order valence-electron chi connectivity index (χ2n) is 4.51. The van der Waals surface area contributed by atoms with Gasteiger partial charge in [0.05, 0.1) is 12.7 Å². The molecule has 1 heterocycles. The van der Waals surface area contributed by atoms with Crippen molar-refractivity contribution in [2.24, 2.45) is 0 Å². The molecule has 0 aromatic carbocycles. The molecule has 0 spiro atoms. The zero-order valence-corrected chi connectivity index (χ0v) is 10.2. The minimum absolute atomic E-state index is 0.0974. The minimum Gasteiger partial charge on any atom is -0.444 e. The Bertz CT molecular complexity index is 398. The zero-order valence-electron chi connectivity index (χ0n) is 10.2. The molecule has 1 amide bonds. The standard InChI is InChI=1S/C10H17FN4O2/c1-10(2,3)17-9(16)13-7-6-15(5-4-11)14-8(7)12/h6H,4-5H2,1-3H3,(H2,12,14)(H,13,16). The van der Waals surface area contributed by atoms with Gasteiger partial charge >= 0.3 is 6.09 Å². The first-order chi connectivity index (χ1) is 7.81. The van der Waals surface area contributed by atoms with Crippen LogP contribution in [0.25, 0.3) is 0 Å². The molecule has 0 radical (unpaired) electrons. The Balaban J connectivity index is 2.65. The maximum absolute atomic E-state index is 12.1. The van der Waals surface area contributed by atoms with Gasteiger partial charge in [0.1, 0.15) is 18.0 Å². The van der Waals surface area contributed by atoms with Crippen molar-refractivity contribution < 1.29 is 13.9 Å². The fourth-order valence-corrected chi connectivity index (χ4v) is 1.15. The molecule has 0 saturated carbocycles. The summed E-state index contributed by atoms with van der Waals surface area (Å²) in [5.41, 5.74) is 5.28. The van der Waals surface area contributed by atoms with Crippen LogP contribution in [0.3, 0.4) is 0 Å². The number of halogens is 1. The molecular weight excluding hydrogens is 227 g/mol. The Kier molecular flexibility index (Phi) is 3.93. The molecular formula is C10H17FN4O2. The summed E-state index contributed by atoms with van der Waals surface area (Å²) in [7, 11) is 0. The van der Waals surface area contributed by atoms with Crippen molar-refractivity contribution in [3.05, 3.63) is 6.20 Å². The molecule has 0 saturated heterocycles. The van der Waals surface area contributed by atoms with Gasteiger partial charge < -0.3 is 10.5 Å². The predicted octanol–water partition coefficient (Wildman–Crippen LogP) is 1.78. The Morgan fingerprint density at radius 3 is 2.82 bits per heavy atom. The predicted molar refractivity (Wildman–Crippen MR) is 62.5 cm³/mol. The number of aromatic nitrogens is 2. The average molecular weight is 244 g/mol. The summed E-state index contributed by atoms with van der Waals surface area (Å²) in [6.45, 7) is 4.81. The van der Waals surface area contributed by atoms with Crippen molar-refractivity contribution in [1.82, 2.24) is 9.78 Å². The number of amides is 1. The highest BCUT2D eigenvalue weighted by Gasteiger charge is 2.17. The van der Waals surface area contributed by atoms with Gasteiger partial charge in [-0.1, -0.05) is 0 Å². The normalized spacial score (nSPS) is 11.3. The number of hydrogen-bond acceptors (Lipinski definition) is 4. The maximum atomic E-state index is 12.1. The van der Waals surface area contributed by atoms with Crippen LogP contribution >= 0.6 is 0 Å². The summed E-state index contributed by atoms with van der Waals surface area (Å²) < 4.78 is 18.5. The largest absolute Gasteiger partial charge is 0.444 e. The Hall–Kier alpha value is -1.79. The van der Waals surface area contributed by atoms with Gasteiger partial charge in [-0.25, -0.2) is 9.18 Å². The summed E-state index contributed by atoms with van der Waals surface area (Å²) in [6, 6.07) is 0. The number of nitrogens with one attached hydrogen (secondary N) is 1. The smallest absolute Gasteiger partial charge is 0.412 e. The second kappa shape index (κ2) is 5.03. The summed E-state index contributed by atoms with van der Waals surface area (Å²) in [5.74, 6) is 0.129. The molecule has 0 aliphatic carbocycles. The van der Waals surface area contributed by atoms with Crippen LogP contribution in [0.15, 0.2) is 6.20 Å². The monoisotopic (exact) mass is 244 g/mol. The van der Waals surface area contributed by atoms with Crippen LogP contribution in [-0.2, 0) is 11.3 Å². The third-order valence-corrected chi connectivity index (χ3v) is 1.74. The topological polar surface area (TPSA) is 82.2 Å². The summed E-state index contributed by atoms with van der Waals surface area (Å²) in [6.07, 6.45) is 0.836. The molecule has 7 heteroatoms. The number of nitrogens with zero attached hydrogens (tertiary/aromatic N) is 2. The Labute approximate surface area is 98.9 Å². The number of hydrogen-bond donors (Lipinski definition) is 2. The van der Waals surface area contributed by atoms with Crippen molar-refractivity contribution in [3.63, 3.8) is 0 Å². The van der Waals surface area contributed by atoms with Crippen molar-refractivity contribution in [2.75, 3.05) is 17.7 Å². The van der Waals surface area contributed by atoms with E-state index in [4.69, 9.17) is 10.5 Å². The number of nitrogens with two attached hydrogens (primary N) is 1. The molecule has 0 unspecified atom stereocenters. The Morgan fingerprint density at radius 1 is 1.65 bits per heavy atom. The molecule has 17 heavy (non-hydrogen) atoms. The van der Waals surface area contributed by atoms with Crippen LogP contribution in [0.1, 0.15) is 20.8 Å². The fraction of sp³-hybridized carbons (Fsp3) is 0.600. The van der Waals surface area contributed by atoms with E-state index in [1.165, 1.54) is 10.9 Å². The van der Waals surface area contributed by atoms with Crippen LogP contribution < -0.4 is 11.1 Å². The number of ether oxygens (including phenoxy) is 1. The maximum Gasteiger partial charge on any atom is 0.412 e. The lowest BCUT2D eigenvalue weighted by atomic mass is 10.2. The number of alkyl halides is 1. The molecule has 0 bridgehead atoms. The van der Waals surface area contributed by atoms with E-state index in [9.17, 15) is 9.18 Å². The molecule has 1 aromatic rings. The van der Waals surface area contributed by atoms with Crippen LogP contribution in [0, 0.1) is 0 Å². The molecule has 6 nitrogen and oxygen atoms in total. The van der Waals surface area contributed by atoms with Crippen molar-refractivity contribution in [2.45, 2.75) is 32.9 Å². The molecule has 3 N–H and O–H groups in total. The molecule has 0 aliphatic heterocycles. The van der Waals surface area contributed by atoms with E-state index in [0.29, 0.717) is 5.69 Å². The number of anilines is 2. The quantitative estimate of drug-likeness (QED) is 0.849. The SMILES string of the molecule is CC(C)(C)OC(=O)Nc1cn(CCF)nc1N. The lowest BCUT2D eigenvalue weighted by Crippen LogP contribution is -2.27. The van der Waals surface area contributed by atoms with Crippen LogP contribution in [0.4, 0.5) is 20.7 Å². The fourth-order valence-electron chi connectivity index (χ4n) is 1.15. The average Bonchev–Trinajstić information content (AvgIpc) is 2.44. The van der Waals surface area contributed by atoms with Gasteiger partial charge in [-0.2, -0.15) is 5.10 Å². The first-order valence-corrected chi connectivity index (χ1v) is 5.21. The summed E-state index contributed by atoms with van der Waals surface area (Å²) in [5, 5.41) is 6.29. The zero-order chi connectivity index (χ0) is 13.1. The van der Waals surface area contributed by atoms with Crippen LogP contribution in [0.5, 0.6) is 0 Å². The highest BCUT2D eigenvalue weighted by atomic mass is 19.1. The van der Waals surface area contributed by atoms with Crippen LogP contribution in [0.2, 0.25) is 0 Å². The van der Waals surface area contributed by atoms with Crippen molar-refractivity contribution in [3.8, 4) is 0 Å². The first-order valence-electron chi connectivity index (χ1n) is 5.21.